The second-order valence-corrected chi connectivity index (χ2v) is 6.20. The lowest BCUT2D eigenvalue weighted by molar-refractivity contribution is -0.140. The number of carbonyl (C=O) groups excluding carboxylic acids is 2. The van der Waals surface area contributed by atoms with E-state index in [0.717, 1.165) is 0 Å². The molecule has 2 N–H and O–H groups in total. The highest BCUT2D eigenvalue weighted by atomic mass is 35.5. The van der Waals surface area contributed by atoms with Crippen LogP contribution in [0.3, 0.4) is 0 Å². The summed E-state index contributed by atoms with van der Waals surface area (Å²) in [6.07, 6.45) is 6.97. The molecule has 1 atom stereocenters. The zero-order valence-corrected chi connectivity index (χ0v) is 13.7. The normalized spacial score (nSPS) is 21.6. The van der Waals surface area contributed by atoms with Crippen LogP contribution < -0.4 is 5.73 Å². The summed E-state index contributed by atoms with van der Waals surface area (Å²) in [4.78, 5) is 27.8. The van der Waals surface area contributed by atoms with E-state index in [9.17, 15) is 9.59 Å². The highest BCUT2D eigenvalue weighted by Gasteiger charge is 2.27. The molecule has 2 fully saturated rings. The van der Waals surface area contributed by atoms with Gasteiger partial charge in [-0.15, -0.1) is 12.4 Å². The summed E-state index contributed by atoms with van der Waals surface area (Å²) in [5, 5.41) is 0. The van der Waals surface area contributed by atoms with Gasteiger partial charge in [0.05, 0.1) is 6.04 Å². The third-order valence-corrected chi connectivity index (χ3v) is 4.52. The third-order valence-electron chi connectivity index (χ3n) is 4.52. The van der Waals surface area contributed by atoms with Gasteiger partial charge in [-0.1, -0.05) is 19.3 Å². The van der Waals surface area contributed by atoms with Crippen molar-refractivity contribution in [1.82, 2.24) is 9.80 Å². The van der Waals surface area contributed by atoms with Gasteiger partial charge in [0.15, 0.2) is 0 Å². The molecule has 0 aromatic rings. The summed E-state index contributed by atoms with van der Waals surface area (Å²) in [7, 11) is 0. The van der Waals surface area contributed by atoms with Crippen molar-refractivity contribution in [2.24, 2.45) is 11.7 Å². The lowest BCUT2D eigenvalue weighted by atomic mass is 9.86. The highest BCUT2D eigenvalue weighted by molar-refractivity contribution is 5.85. The molecule has 6 heteroatoms. The predicted molar refractivity (Wildman–Crippen MR) is 85.2 cm³/mol. The molecule has 2 rings (SSSR count). The predicted octanol–water partition coefficient (Wildman–Crippen LogP) is 1.40. The molecule has 0 aromatic carbocycles. The van der Waals surface area contributed by atoms with Gasteiger partial charge >= 0.3 is 0 Å². The number of nitrogens with zero attached hydrogens (tertiary/aromatic N) is 2. The van der Waals surface area contributed by atoms with Crippen LogP contribution >= 0.6 is 12.4 Å². The van der Waals surface area contributed by atoms with Gasteiger partial charge in [0.2, 0.25) is 11.8 Å². The van der Waals surface area contributed by atoms with E-state index >= 15 is 0 Å². The second-order valence-electron chi connectivity index (χ2n) is 6.20. The van der Waals surface area contributed by atoms with Crippen LogP contribution in [0.4, 0.5) is 0 Å². The molecular formula is C15H28ClN3O2. The van der Waals surface area contributed by atoms with Crippen LogP contribution in [0.5, 0.6) is 0 Å². The van der Waals surface area contributed by atoms with E-state index in [1.165, 1.54) is 32.1 Å². The molecule has 0 spiro atoms. The van der Waals surface area contributed by atoms with Crippen LogP contribution in [0.1, 0.15) is 45.4 Å². The Morgan fingerprint density at radius 2 is 1.57 bits per heavy atom. The molecule has 1 aliphatic carbocycles. The summed E-state index contributed by atoms with van der Waals surface area (Å²) in [5.41, 5.74) is 5.61. The van der Waals surface area contributed by atoms with Crippen molar-refractivity contribution in [3.63, 3.8) is 0 Å². The molecule has 122 valence electrons. The van der Waals surface area contributed by atoms with E-state index < -0.39 is 6.04 Å². The first-order valence-electron chi connectivity index (χ1n) is 7.90. The van der Waals surface area contributed by atoms with Gasteiger partial charge in [-0.2, -0.15) is 0 Å². The fraction of sp³-hybridized carbons (Fsp3) is 0.867. The average molecular weight is 318 g/mol. The maximum absolute atomic E-state index is 12.3. The maximum atomic E-state index is 12.3. The summed E-state index contributed by atoms with van der Waals surface area (Å²) in [5.74, 6) is 0.842. The smallest absolute Gasteiger partial charge is 0.239 e. The number of hydrogen-bond acceptors (Lipinski definition) is 3. The first-order valence-corrected chi connectivity index (χ1v) is 7.90. The van der Waals surface area contributed by atoms with Crippen LogP contribution in [-0.4, -0.2) is 53.8 Å². The zero-order valence-electron chi connectivity index (χ0n) is 12.9. The molecule has 2 amide bonds. The number of carbonyl (C=O) groups is 2. The van der Waals surface area contributed by atoms with E-state index in [0.29, 0.717) is 38.5 Å². The van der Waals surface area contributed by atoms with Crippen molar-refractivity contribution >= 4 is 24.2 Å². The highest BCUT2D eigenvalue weighted by Crippen LogP contribution is 2.27. The molecular weight excluding hydrogens is 290 g/mol. The van der Waals surface area contributed by atoms with E-state index in [1.807, 2.05) is 4.90 Å². The quantitative estimate of drug-likeness (QED) is 0.855. The second kappa shape index (κ2) is 8.59. The number of hydrogen-bond donors (Lipinski definition) is 1. The molecule has 1 saturated heterocycles. The Hall–Kier alpha value is -0.810. The lowest BCUT2D eigenvalue weighted by Gasteiger charge is -2.36. The summed E-state index contributed by atoms with van der Waals surface area (Å²) in [6.45, 7) is 4.27. The van der Waals surface area contributed by atoms with Gasteiger partial charge in [0.25, 0.3) is 0 Å². The number of rotatable bonds is 3. The molecule has 0 bridgehead atoms. The Balaban J connectivity index is 0.00000220. The average Bonchev–Trinajstić information content (AvgIpc) is 2.47. The maximum Gasteiger partial charge on any atom is 0.239 e. The Morgan fingerprint density at radius 3 is 2.10 bits per heavy atom. The molecule has 1 aliphatic heterocycles. The van der Waals surface area contributed by atoms with Gasteiger partial charge in [0, 0.05) is 32.6 Å². The first-order chi connectivity index (χ1) is 9.58. The minimum atomic E-state index is -0.445. The number of amides is 2. The minimum Gasteiger partial charge on any atom is -0.339 e. The fourth-order valence-corrected chi connectivity index (χ4v) is 3.23. The first kappa shape index (κ1) is 18.2. The van der Waals surface area contributed by atoms with Crippen LogP contribution in [0.25, 0.3) is 0 Å². The van der Waals surface area contributed by atoms with Crippen molar-refractivity contribution in [3.8, 4) is 0 Å². The lowest BCUT2D eigenvalue weighted by Crippen LogP contribution is -2.53. The summed E-state index contributed by atoms with van der Waals surface area (Å²) in [6, 6.07) is -0.445. The SMILES string of the molecule is C[C@H](N)C(=O)N1CCN(C(=O)CC2CCCCC2)CC1.Cl. The van der Waals surface area contributed by atoms with Crippen molar-refractivity contribution in [2.45, 2.75) is 51.5 Å². The molecule has 2 aliphatic rings. The number of nitrogens with two attached hydrogens (primary N) is 1. The van der Waals surface area contributed by atoms with Crippen LogP contribution in [0.15, 0.2) is 0 Å². The monoisotopic (exact) mass is 317 g/mol. The van der Waals surface area contributed by atoms with E-state index in [-0.39, 0.29) is 24.2 Å². The van der Waals surface area contributed by atoms with Crippen molar-refractivity contribution in [2.75, 3.05) is 26.2 Å². The van der Waals surface area contributed by atoms with Gasteiger partial charge < -0.3 is 15.5 Å². The van der Waals surface area contributed by atoms with E-state index in [2.05, 4.69) is 0 Å². The molecule has 5 nitrogen and oxygen atoms in total. The largest absolute Gasteiger partial charge is 0.339 e. The number of piperazine rings is 1. The Bertz CT molecular complexity index is 349. The van der Waals surface area contributed by atoms with Gasteiger partial charge in [0.1, 0.15) is 0 Å². The summed E-state index contributed by atoms with van der Waals surface area (Å²) >= 11 is 0. The zero-order chi connectivity index (χ0) is 14.5. The van der Waals surface area contributed by atoms with Gasteiger partial charge in [-0.05, 0) is 25.7 Å². The van der Waals surface area contributed by atoms with Gasteiger partial charge in [-0.25, -0.2) is 0 Å². The Kier molecular flexibility index (Phi) is 7.46. The van der Waals surface area contributed by atoms with Crippen molar-refractivity contribution in [3.05, 3.63) is 0 Å². The van der Waals surface area contributed by atoms with Gasteiger partial charge in [-0.3, -0.25) is 9.59 Å². The Morgan fingerprint density at radius 1 is 1.05 bits per heavy atom. The fourth-order valence-electron chi connectivity index (χ4n) is 3.23. The van der Waals surface area contributed by atoms with Crippen LogP contribution in [0.2, 0.25) is 0 Å². The molecule has 21 heavy (non-hydrogen) atoms. The van der Waals surface area contributed by atoms with Crippen LogP contribution in [-0.2, 0) is 9.59 Å². The standard InChI is InChI=1S/C15H27N3O2.ClH/c1-12(16)15(20)18-9-7-17(8-10-18)14(19)11-13-5-3-2-4-6-13;/h12-13H,2-11,16H2,1H3;1H/t12-;/m0./s1. The van der Waals surface area contributed by atoms with Crippen LogP contribution in [0, 0.1) is 5.92 Å². The minimum absolute atomic E-state index is 0. The van der Waals surface area contributed by atoms with Crippen molar-refractivity contribution < 1.29 is 9.59 Å². The molecule has 1 heterocycles. The number of halogens is 1. The molecule has 0 aromatic heterocycles. The Labute approximate surface area is 133 Å². The topological polar surface area (TPSA) is 66.6 Å². The third kappa shape index (κ3) is 5.15. The molecule has 0 radical (unpaired) electrons. The van der Waals surface area contributed by atoms with Crippen molar-refractivity contribution in [1.29, 1.82) is 0 Å². The molecule has 1 saturated carbocycles. The van der Waals surface area contributed by atoms with E-state index in [1.54, 1.807) is 11.8 Å². The summed E-state index contributed by atoms with van der Waals surface area (Å²) < 4.78 is 0. The van der Waals surface area contributed by atoms with E-state index in [4.69, 9.17) is 5.73 Å². The molecule has 0 unspecified atom stereocenters.